The highest BCUT2D eigenvalue weighted by molar-refractivity contribution is 5.79. The topological polar surface area (TPSA) is 82.7 Å². The predicted molar refractivity (Wildman–Crippen MR) is 98.2 cm³/mol. The zero-order valence-electron chi connectivity index (χ0n) is 15.9. The van der Waals surface area contributed by atoms with E-state index in [1.165, 1.54) is 0 Å². The Bertz CT molecular complexity index is 477. The molecule has 0 saturated heterocycles. The van der Waals surface area contributed by atoms with Gasteiger partial charge in [0.15, 0.2) is 5.96 Å². The summed E-state index contributed by atoms with van der Waals surface area (Å²) in [6.45, 7) is 12.6. The van der Waals surface area contributed by atoms with E-state index in [1.807, 2.05) is 6.92 Å². The summed E-state index contributed by atoms with van der Waals surface area (Å²) in [4.78, 5) is 4.69. The molecule has 3 N–H and O–H groups in total. The molecule has 6 heteroatoms. The molecule has 0 amide bonds. The van der Waals surface area contributed by atoms with Crippen molar-refractivity contribution < 1.29 is 9.63 Å². The van der Waals surface area contributed by atoms with Crippen molar-refractivity contribution >= 4 is 5.96 Å². The first-order valence-corrected chi connectivity index (χ1v) is 9.18. The zero-order chi connectivity index (χ0) is 18.0. The summed E-state index contributed by atoms with van der Waals surface area (Å²) in [7, 11) is 0. The fourth-order valence-corrected chi connectivity index (χ4v) is 2.67. The Morgan fingerprint density at radius 1 is 1.12 bits per heavy atom. The summed E-state index contributed by atoms with van der Waals surface area (Å²) >= 11 is 0. The molecule has 0 saturated carbocycles. The zero-order valence-corrected chi connectivity index (χ0v) is 15.9. The number of hydrogen-bond donors (Lipinski definition) is 3. The number of hydrogen-bond acceptors (Lipinski definition) is 4. The van der Waals surface area contributed by atoms with E-state index < -0.39 is 0 Å². The normalized spacial score (nSPS) is 12.5. The van der Waals surface area contributed by atoms with Gasteiger partial charge >= 0.3 is 0 Å². The smallest absolute Gasteiger partial charge is 0.191 e. The lowest BCUT2D eigenvalue weighted by Crippen LogP contribution is -2.44. The van der Waals surface area contributed by atoms with E-state index in [1.54, 1.807) is 0 Å². The lowest BCUT2D eigenvalue weighted by molar-refractivity contribution is 0.118. The molecule has 0 spiro atoms. The summed E-state index contributed by atoms with van der Waals surface area (Å²) in [5.74, 6) is 1.68. The molecule has 0 unspecified atom stereocenters. The fraction of sp³-hybridized carbons (Fsp3) is 0.778. The summed E-state index contributed by atoms with van der Waals surface area (Å²) < 4.78 is 5.40. The maximum absolute atomic E-state index is 9.72. The van der Waals surface area contributed by atoms with Gasteiger partial charge in [0.25, 0.3) is 0 Å². The van der Waals surface area contributed by atoms with E-state index in [4.69, 9.17) is 9.52 Å². The quantitative estimate of drug-likeness (QED) is 0.451. The standard InChI is InChI=1S/C18H34N4O2/c1-6-15-14(16(7-2)24-22-15)11-20-17(19-10-5)21-12-18(8-3,9-4)13-23/h23H,6-13H2,1-5H3,(H2,19,20,21). The van der Waals surface area contributed by atoms with Gasteiger partial charge in [-0.3, -0.25) is 0 Å². The molecule has 6 nitrogen and oxygen atoms in total. The molecule has 0 atom stereocenters. The minimum atomic E-state index is -0.101. The van der Waals surface area contributed by atoms with Gasteiger partial charge in [0.05, 0.1) is 18.8 Å². The third kappa shape index (κ3) is 5.23. The van der Waals surface area contributed by atoms with Gasteiger partial charge in [-0.2, -0.15) is 0 Å². The molecule has 1 rings (SSSR count). The Hall–Kier alpha value is -1.56. The van der Waals surface area contributed by atoms with Crippen molar-refractivity contribution in [1.29, 1.82) is 0 Å². The Morgan fingerprint density at radius 2 is 1.83 bits per heavy atom. The number of rotatable bonds is 10. The van der Waals surface area contributed by atoms with Crippen LogP contribution >= 0.6 is 0 Å². The number of nitrogens with one attached hydrogen (secondary N) is 2. The van der Waals surface area contributed by atoms with Gasteiger partial charge in [0.2, 0.25) is 0 Å². The van der Waals surface area contributed by atoms with E-state index in [0.717, 1.165) is 55.2 Å². The molecule has 1 aromatic heterocycles. The van der Waals surface area contributed by atoms with Gasteiger partial charge in [-0.15, -0.1) is 0 Å². The Labute approximate surface area is 146 Å². The SMILES string of the molecule is CCNC(=NCc1c(CC)noc1CC)NCC(CC)(CC)CO. The highest BCUT2D eigenvalue weighted by atomic mass is 16.5. The molecule has 0 bridgehead atoms. The maximum Gasteiger partial charge on any atom is 0.191 e. The molecule has 0 aliphatic heterocycles. The number of aromatic nitrogens is 1. The number of aliphatic hydroxyl groups excluding tert-OH is 1. The first kappa shape index (κ1) is 20.5. The van der Waals surface area contributed by atoms with Crippen LogP contribution in [-0.2, 0) is 19.4 Å². The molecule has 0 aliphatic carbocycles. The molecule has 0 aromatic carbocycles. The lowest BCUT2D eigenvalue weighted by atomic mass is 9.83. The highest BCUT2D eigenvalue weighted by Crippen LogP contribution is 2.24. The minimum absolute atomic E-state index is 0.101. The molecule has 1 aromatic rings. The molecule has 24 heavy (non-hydrogen) atoms. The number of aliphatic hydroxyl groups is 1. The van der Waals surface area contributed by atoms with Crippen molar-refractivity contribution in [2.45, 2.75) is 66.8 Å². The number of aryl methyl sites for hydroxylation is 2. The summed E-state index contributed by atoms with van der Waals surface area (Å²) in [6.07, 6.45) is 3.52. The van der Waals surface area contributed by atoms with Gasteiger partial charge in [0.1, 0.15) is 5.76 Å². The Balaban J connectivity index is 2.84. The van der Waals surface area contributed by atoms with Crippen molar-refractivity contribution in [2.24, 2.45) is 10.4 Å². The van der Waals surface area contributed by atoms with Crippen LogP contribution in [0.2, 0.25) is 0 Å². The van der Waals surface area contributed by atoms with Crippen LogP contribution in [-0.4, -0.2) is 35.9 Å². The first-order valence-electron chi connectivity index (χ1n) is 9.18. The van der Waals surface area contributed by atoms with E-state index in [2.05, 4.69) is 43.5 Å². The van der Waals surface area contributed by atoms with Gasteiger partial charge < -0.3 is 20.3 Å². The van der Waals surface area contributed by atoms with Crippen LogP contribution in [0.25, 0.3) is 0 Å². The minimum Gasteiger partial charge on any atom is -0.396 e. The maximum atomic E-state index is 9.72. The molecule has 0 fully saturated rings. The monoisotopic (exact) mass is 338 g/mol. The molecule has 0 radical (unpaired) electrons. The molecular formula is C18H34N4O2. The van der Waals surface area contributed by atoms with Crippen LogP contribution in [0.15, 0.2) is 9.52 Å². The van der Waals surface area contributed by atoms with Crippen LogP contribution in [0, 0.1) is 5.41 Å². The van der Waals surface area contributed by atoms with Crippen molar-refractivity contribution in [3.63, 3.8) is 0 Å². The Morgan fingerprint density at radius 3 is 2.33 bits per heavy atom. The van der Waals surface area contributed by atoms with Crippen molar-refractivity contribution in [3.05, 3.63) is 17.0 Å². The first-order chi connectivity index (χ1) is 11.6. The molecular weight excluding hydrogens is 304 g/mol. The third-order valence-electron chi connectivity index (χ3n) is 4.81. The summed E-state index contributed by atoms with van der Waals surface area (Å²) in [5, 5.41) is 20.5. The second kappa shape index (κ2) is 10.3. The average Bonchev–Trinajstić information content (AvgIpc) is 3.03. The second-order valence-corrected chi connectivity index (χ2v) is 6.15. The molecule has 1 heterocycles. The van der Waals surface area contributed by atoms with Crippen molar-refractivity contribution in [1.82, 2.24) is 15.8 Å². The highest BCUT2D eigenvalue weighted by Gasteiger charge is 2.25. The van der Waals surface area contributed by atoms with Crippen LogP contribution in [0.5, 0.6) is 0 Å². The van der Waals surface area contributed by atoms with E-state index in [-0.39, 0.29) is 12.0 Å². The predicted octanol–water partition coefficient (Wildman–Crippen LogP) is 2.65. The average molecular weight is 338 g/mol. The van der Waals surface area contributed by atoms with E-state index in [0.29, 0.717) is 13.1 Å². The van der Waals surface area contributed by atoms with Gasteiger partial charge in [-0.25, -0.2) is 4.99 Å². The summed E-state index contributed by atoms with van der Waals surface area (Å²) in [5.41, 5.74) is 1.98. The van der Waals surface area contributed by atoms with Gasteiger partial charge in [-0.05, 0) is 26.2 Å². The largest absolute Gasteiger partial charge is 0.396 e. The number of aliphatic imine (C=N–C) groups is 1. The summed E-state index contributed by atoms with van der Waals surface area (Å²) in [6, 6.07) is 0. The number of nitrogens with zero attached hydrogens (tertiary/aromatic N) is 2. The third-order valence-corrected chi connectivity index (χ3v) is 4.81. The van der Waals surface area contributed by atoms with E-state index >= 15 is 0 Å². The van der Waals surface area contributed by atoms with Crippen LogP contribution < -0.4 is 10.6 Å². The lowest BCUT2D eigenvalue weighted by Gasteiger charge is -2.30. The fourth-order valence-electron chi connectivity index (χ4n) is 2.67. The molecule has 138 valence electrons. The van der Waals surface area contributed by atoms with Crippen molar-refractivity contribution in [2.75, 3.05) is 19.7 Å². The van der Waals surface area contributed by atoms with Crippen molar-refractivity contribution in [3.8, 4) is 0 Å². The van der Waals surface area contributed by atoms with Crippen LogP contribution in [0.3, 0.4) is 0 Å². The number of guanidine groups is 1. The van der Waals surface area contributed by atoms with Crippen LogP contribution in [0.1, 0.15) is 64.5 Å². The van der Waals surface area contributed by atoms with Crippen LogP contribution in [0.4, 0.5) is 0 Å². The second-order valence-electron chi connectivity index (χ2n) is 6.15. The molecule has 0 aliphatic rings. The Kier molecular flexibility index (Phi) is 8.82. The van der Waals surface area contributed by atoms with Gasteiger partial charge in [-0.1, -0.05) is 32.9 Å². The van der Waals surface area contributed by atoms with Gasteiger partial charge in [0, 0.05) is 30.5 Å². The van der Waals surface area contributed by atoms with E-state index in [9.17, 15) is 5.11 Å².